The topological polar surface area (TPSA) is 72.2 Å². The molecule has 8 heteroatoms. The first-order valence-electron chi connectivity index (χ1n) is 10.1. The second kappa shape index (κ2) is 8.87. The summed E-state index contributed by atoms with van der Waals surface area (Å²) in [5.41, 5.74) is 0. The monoisotopic (exact) mass is 420 g/mol. The Morgan fingerprint density at radius 1 is 1.03 bits per heavy atom. The first-order chi connectivity index (χ1) is 14.1. The lowest BCUT2D eigenvalue weighted by molar-refractivity contribution is 0.000743. The van der Waals surface area contributed by atoms with E-state index in [2.05, 4.69) is 4.90 Å². The van der Waals surface area contributed by atoms with E-state index >= 15 is 0 Å². The van der Waals surface area contributed by atoms with Crippen LogP contribution in [0.1, 0.15) is 36.9 Å². The van der Waals surface area contributed by atoms with Crippen molar-refractivity contribution in [1.29, 1.82) is 0 Å². The van der Waals surface area contributed by atoms with Crippen molar-refractivity contribution < 1.29 is 22.3 Å². The van der Waals surface area contributed by atoms with Crippen molar-refractivity contribution in [3.63, 3.8) is 0 Å². The Morgan fingerprint density at radius 3 is 2.45 bits per heavy atom. The summed E-state index contributed by atoms with van der Waals surface area (Å²) in [6.45, 7) is 3.76. The number of hydrogen-bond donors (Lipinski definition) is 0. The molecule has 1 atom stereocenters. The van der Waals surface area contributed by atoms with Gasteiger partial charge in [-0.25, -0.2) is 8.42 Å². The second-order valence-electron chi connectivity index (χ2n) is 7.52. The van der Waals surface area contributed by atoms with Crippen LogP contribution in [-0.2, 0) is 21.3 Å². The fraction of sp³-hybridized carbons (Fsp3) is 0.524. The van der Waals surface area contributed by atoms with Gasteiger partial charge < -0.3 is 13.9 Å². The van der Waals surface area contributed by atoms with Gasteiger partial charge >= 0.3 is 0 Å². The van der Waals surface area contributed by atoms with Crippen LogP contribution in [0.3, 0.4) is 0 Å². The van der Waals surface area contributed by atoms with E-state index in [0.29, 0.717) is 43.4 Å². The number of furan rings is 1. The molecule has 158 valence electrons. The smallest absolute Gasteiger partial charge is 0.243 e. The van der Waals surface area contributed by atoms with Gasteiger partial charge in [0.2, 0.25) is 10.0 Å². The average Bonchev–Trinajstić information content (AvgIpc) is 3.23. The number of benzene rings is 1. The van der Waals surface area contributed by atoms with E-state index in [1.54, 1.807) is 35.7 Å². The van der Waals surface area contributed by atoms with Crippen LogP contribution < -0.4 is 4.74 Å². The first-order valence-corrected chi connectivity index (χ1v) is 11.6. The SMILES string of the molecule is COc1ccc(S(=O)(=O)N2CCN(Cc3ccc(C4CCCCO4)o3)CC2)cc1. The van der Waals surface area contributed by atoms with Crippen LogP contribution in [0.25, 0.3) is 0 Å². The summed E-state index contributed by atoms with van der Waals surface area (Å²) in [5.74, 6) is 2.45. The summed E-state index contributed by atoms with van der Waals surface area (Å²) in [6.07, 6.45) is 3.37. The molecule has 2 aliphatic rings. The lowest BCUT2D eigenvalue weighted by Gasteiger charge is -2.33. The molecule has 0 spiro atoms. The Balaban J connectivity index is 1.32. The van der Waals surface area contributed by atoms with Gasteiger partial charge in [-0.2, -0.15) is 4.31 Å². The molecular formula is C21H28N2O5S. The second-order valence-corrected chi connectivity index (χ2v) is 9.45. The van der Waals surface area contributed by atoms with Crippen molar-refractivity contribution in [3.8, 4) is 5.75 Å². The third-order valence-electron chi connectivity index (χ3n) is 5.59. The van der Waals surface area contributed by atoms with Crippen LogP contribution in [0.15, 0.2) is 45.7 Å². The standard InChI is InChI=1S/C21H28N2O5S/c1-26-17-5-8-19(9-6-17)29(24,25)23-13-11-22(12-14-23)16-18-7-10-21(28-18)20-4-2-3-15-27-20/h5-10,20H,2-4,11-16H2,1H3. The molecule has 3 heterocycles. The van der Waals surface area contributed by atoms with Crippen molar-refractivity contribution in [2.45, 2.75) is 36.8 Å². The lowest BCUT2D eigenvalue weighted by atomic mass is 10.1. The van der Waals surface area contributed by atoms with E-state index in [9.17, 15) is 8.42 Å². The maximum atomic E-state index is 12.9. The fourth-order valence-electron chi connectivity index (χ4n) is 3.86. The largest absolute Gasteiger partial charge is 0.497 e. The minimum atomic E-state index is -3.48. The minimum Gasteiger partial charge on any atom is -0.497 e. The zero-order chi connectivity index (χ0) is 20.3. The normalized spacial score (nSPS) is 21.9. The van der Waals surface area contributed by atoms with Crippen molar-refractivity contribution >= 4 is 10.0 Å². The molecule has 2 aromatic rings. The van der Waals surface area contributed by atoms with Gasteiger partial charge in [-0.05, 0) is 55.7 Å². The van der Waals surface area contributed by atoms with Gasteiger partial charge in [-0.15, -0.1) is 0 Å². The van der Waals surface area contributed by atoms with Gasteiger partial charge in [0.05, 0.1) is 18.6 Å². The Labute approximate surface area is 172 Å². The zero-order valence-electron chi connectivity index (χ0n) is 16.7. The minimum absolute atomic E-state index is 0.0731. The van der Waals surface area contributed by atoms with Gasteiger partial charge in [-0.1, -0.05) is 0 Å². The van der Waals surface area contributed by atoms with Crippen molar-refractivity contribution in [2.24, 2.45) is 0 Å². The van der Waals surface area contributed by atoms with E-state index in [-0.39, 0.29) is 6.10 Å². The highest BCUT2D eigenvalue weighted by Gasteiger charge is 2.29. The highest BCUT2D eigenvalue weighted by Crippen LogP contribution is 2.29. The van der Waals surface area contributed by atoms with Gasteiger partial charge in [0.1, 0.15) is 23.4 Å². The van der Waals surface area contributed by atoms with E-state index < -0.39 is 10.0 Å². The van der Waals surface area contributed by atoms with Gasteiger partial charge in [-0.3, -0.25) is 4.90 Å². The van der Waals surface area contributed by atoms with Gasteiger partial charge in [0.25, 0.3) is 0 Å². The molecule has 0 N–H and O–H groups in total. The van der Waals surface area contributed by atoms with Gasteiger partial charge in [0.15, 0.2) is 0 Å². The third kappa shape index (κ3) is 4.66. The van der Waals surface area contributed by atoms with Crippen LogP contribution in [0, 0.1) is 0 Å². The number of ether oxygens (including phenoxy) is 2. The third-order valence-corrected chi connectivity index (χ3v) is 7.50. The van der Waals surface area contributed by atoms with E-state index in [1.165, 1.54) is 6.42 Å². The van der Waals surface area contributed by atoms with E-state index in [0.717, 1.165) is 31.0 Å². The Morgan fingerprint density at radius 2 is 1.79 bits per heavy atom. The van der Waals surface area contributed by atoms with Crippen LogP contribution in [0.2, 0.25) is 0 Å². The molecule has 0 bridgehead atoms. The number of nitrogens with zero attached hydrogens (tertiary/aromatic N) is 2. The molecule has 2 saturated heterocycles. The average molecular weight is 421 g/mol. The Kier molecular flexibility index (Phi) is 6.24. The maximum Gasteiger partial charge on any atom is 0.243 e. The van der Waals surface area contributed by atoms with Crippen molar-refractivity contribution in [3.05, 3.63) is 47.9 Å². The van der Waals surface area contributed by atoms with E-state index in [1.807, 2.05) is 12.1 Å². The predicted molar refractivity (Wildman–Crippen MR) is 108 cm³/mol. The number of piperazine rings is 1. The Bertz CT molecular complexity index is 895. The van der Waals surface area contributed by atoms with Crippen LogP contribution in [0.5, 0.6) is 5.75 Å². The molecule has 0 saturated carbocycles. The summed E-state index contributed by atoms with van der Waals surface area (Å²) in [7, 11) is -1.92. The quantitative estimate of drug-likeness (QED) is 0.715. The van der Waals surface area contributed by atoms with Crippen LogP contribution >= 0.6 is 0 Å². The van der Waals surface area contributed by atoms with E-state index in [4.69, 9.17) is 13.9 Å². The molecule has 29 heavy (non-hydrogen) atoms. The molecular weight excluding hydrogens is 392 g/mol. The molecule has 0 aliphatic carbocycles. The molecule has 4 rings (SSSR count). The highest BCUT2D eigenvalue weighted by atomic mass is 32.2. The summed E-state index contributed by atoms with van der Waals surface area (Å²) < 4.78 is 44.2. The summed E-state index contributed by atoms with van der Waals surface area (Å²) in [6, 6.07) is 10.6. The number of hydrogen-bond acceptors (Lipinski definition) is 6. The van der Waals surface area contributed by atoms with Crippen molar-refractivity contribution in [2.75, 3.05) is 39.9 Å². The molecule has 2 fully saturated rings. The summed E-state index contributed by atoms with van der Waals surface area (Å²) in [4.78, 5) is 2.53. The Hall–Kier alpha value is -1.87. The van der Waals surface area contributed by atoms with Crippen LogP contribution in [0.4, 0.5) is 0 Å². The first kappa shape index (κ1) is 20.4. The van der Waals surface area contributed by atoms with Crippen LogP contribution in [-0.4, -0.2) is 57.5 Å². The van der Waals surface area contributed by atoms with Gasteiger partial charge in [0, 0.05) is 32.8 Å². The lowest BCUT2D eigenvalue weighted by Crippen LogP contribution is -2.48. The highest BCUT2D eigenvalue weighted by molar-refractivity contribution is 7.89. The maximum absolute atomic E-state index is 12.9. The number of rotatable bonds is 6. The summed E-state index contributed by atoms with van der Waals surface area (Å²) in [5, 5.41) is 0. The molecule has 7 nitrogen and oxygen atoms in total. The molecule has 1 aromatic carbocycles. The molecule has 1 aromatic heterocycles. The molecule has 0 amide bonds. The molecule has 1 unspecified atom stereocenters. The van der Waals surface area contributed by atoms with Crippen molar-refractivity contribution in [1.82, 2.24) is 9.21 Å². The molecule has 2 aliphatic heterocycles. The number of methoxy groups -OCH3 is 1. The predicted octanol–water partition coefficient (Wildman–Crippen LogP) is 3.04. The summed E-state index contributed by atoms with van der Waals surface area (Å²) >= 11 is 0. The zero-order valence-corrected chi connectivity index (χ0v) is 17.6. The molecule has 0 radical (unpaired) electrons. The fourth-order valence-corrected chi connectivity index (χ4v) is 5.28. The number of sulfonamides is 1.